The number of methoxy groups -OCH3 is 4. The van der Waals surface area contributed by atoms with E-state index in [1.54, 1.807) is 48.8 Å². The summed E-state index contributed by atoms with van der Waals surface area (Å²) in [5.41, 5.74) is 1.57. The topological polar surface area (TPSA) is 152 Å². The fraction of sp³-hybridized carbons (Fsp3) is 0.292. The highest BCUT2D eigenvalue weighted by molar-refractivity contribution is 7.92. The summed E-state index contributed by atoms with van der Waals surface area (Å²) >= 11 is 0. The number of hydrogen-bond donors (Lipinski definition) is 1. The number of ether oxygens (including phenoxy) is 4. The van der Waals surface area contributed by atoms with Gasteiger partial charge in [0, 0.05) is 25.6 Å². The minimum Gasteiger partial charge on any atom is -0.494 e. The number of rotatable bonds is 11. The van der Waals surface area contributed by atoms with Crippen LogP contribution < -0.4 is 18.9 Å². The molecule has 0 aliphatic carbocycles. The van der Waals surface area contributed by atoms with Crippen molar-refractivity contribution in [3.63, 3.8) is 0 Å². The van der Waals surface area contributed by atoms with Gasteiger partial charge in [-0.3, -0.25) is 9.29 Å². The minimum absolute atomic E-state index is 0.118. The average Bonchev–Trinajstić information content (AvgIpc) is 3.33. The molecule has 1 atom stereocenters. The van der Waals surface area contributed by atoms with Gasteiger partial charge in [0.15, 0.2) is 11.6 Å². The van der Waals surface area contributed by atoms with Gasteiger partial charge < -0.3 is 18.9 Å². The van der Waals surface area contributed by atoms with Crippen molar-refractivity contribution in [1.82, 2.24) is 29.7 Å². The van der Waals surface area contributed by atoms with Crippen molar-refractivity contribution < 1.29 is 27.4 Å². The number of aryl methyl sites for hydroxylation is 1. The summed E-state index contributed by atoms with van der Waals surface area (Å²) in [6.45, 7) is 1.83. The summed E-state index contributed by atoms with van der Waals surface area (Å²) < 4.78 is 52.4. The van der Waals surface area contributed by atoms with Crippen LogP contribution in [0.4, 0.5) is 5.95 Å². The van der Waals surface area contributed by atoms with Crippen LogP contribution in [0.1, 0.15) is 17.5 Å². The molecule has 1 N–H and O–H groups in total. The largest absolute Gasteiger partial charge is 0.494 e. The molecule has 0 saturated heterocycles. The number of para-hydroxylation sites is 1. The number of hydrogen-bond acceptors (Lipinski definition) is 11. The van der Waals surface area contributed by atoms with Crippen molar-refractivity contribution in [2.75, 3.05) is 38.9 Å². The highest BCUT2D eigenvalue weighted by Crippen LogP contribution is 2.37. The molecule has 4 rings (SSSR count). The molecule has 38 heavy (non-hydrogen) atoms. The number of sulfonamides is 1. The standard InChI is InChI=1S/C24H27N7O6S/c1-15-12-25-22(26-13-15)19(36-4)14-38(32,33)30-24-29-28-23(16-8-6-11-20(27-16)37-5)31(24)21-17(34-2)9-7-10-18(21)35-3/h6-13,19H,14H2,1-5H3,(H,29,30)/t19-/m1/s1. The van der Waals surface area contributed by atoms with Crippen molar-refractivity contribution in [1.29, 1.82) is 0 Å². The van der Waals surface area contributed by atoms with E-state index in [0.29, 0.717) is 28.8 Å². The van der Waals surface area contributed by atoms with Gasteiger partial charge in [0.1, 0.15) is 34.7 Å². The summed E-state index contributed by atoms with van der Waals surface area (Å²) in [7, 11) is 1.79. The normalized spacial score (nSPS) is 12.1. The van der Waals surface area contributed by atoms with Crippen LogP contribution in [-0.2, 0) is 14.8 Å². The Balaban J connectivity index is 1.81. The first kappa shape index (κ1) is 26.8. The van der Waals surface area contributed by atoms with Crippen molar-refractivity contribution in [2.24, 2.45) is 0 Å². The maximum Gasteiger partial charge on any atom is 0.243 e. The van der Waals surface area contributed by atoms with Crippen LogP contribution in [0.25, 0.3) is 17.2 Å². The van der Waals surface area contributed by atoms with Crippen LogP contribution >= 0.6 is 0 Å². The lowest BCUT2D eigenvalue weighted by atomic mass is 10.2. The number of pyridine rings is 1. The van der Waals surface area contributed by atoms with E-state index >= 15 is 0 Å². The molecule has 0 unspecified atom stereocenters. The summed E-state index contributed by atoms with van der Waals surface area (Å²) in [6.07, 6.45) is 2.25. The van der Waals surface area contributed by atoms with Crippen molar-refractivity contribution in [2.45, 2.75) is 13.0 Å². The zero-order valence-corrected chi connectivity index (χ0v) is 22.3. The third-order valence-corrected chi connectivity index (χ3v) is 6.68. The summed E-state index contributed by atoms with van der Waals surface area (Å²) in [4.78, 5) is 12.8. The van der Waals surface area contributed by atoms with Gasteiger partial charge in [0.2, 0.25) is 21.9 Å². The molecule has 14 heteroatoms. The second-order valence-electron chi connectivity index (χ2n) is 7.99. The molecular formula is C24H27N7O6S. The van der Waals surface area contributed by atoms with E-state index in [2.05, 4.69) is 29.9 Å². The van der Waals surface area contributed by atoms with E-state index in [1.807, 2.05) is 6.92 Å². The maximum absolute atomic E-state index is 13.3. The molecule has 13 nitrogen and oxygen atoms in total. The Hall–Kier alpha value is -4.30. The van der Waals surface area contributed by atoms with E-state index < -0.39 is 21.9 Å². The van der Waals surface area contributed by atoms with Gasteiger partial charge in [-0.1, -0.05) is 12.1 Å². The third-order valence-electron chi connectivity index (χ3n) is 5.44. The summed E-state index contributed by atoms with van der Waals surface area (Å²) in [5.74, 6) is 0.967. The zero-order valence-electron chi connectivity index (χ0n) is 21.4. The van der Waals surface area contributed by atoms with Gasteiger partial charge in [-0.05, 0) is 30.7 Å². The van der Waals surface area contributed by atoms with E-state index in [9.17, 15) is 8.42 Å². The molecule has 0 amide bonds. The minimum atomic E-state index is -4.06. The predicted octanol–water partition coefficient (Wildman–Crippen LogP) is 2.58. The molecule has 0 saturated carbocycles. The predicted molar refractivity (Wildman–Crippen MR) is 138 cm³/mol. The highest BCUT2D eigenvalue weighted by Gasteiger charge is 2.28. The quantitative estimate of drug-likeness (QED) is 0.298. The Morgan fingerprint density at radius 3 is 2.18 bits per heavy atom. The lowest BCUT2D eigenvalue weighted by Crippen LogP contribution is -2.25. The van der Waals surface area contributed by atoms with Gasteiger partial charge in [-0.25, -0.2) is 23.4 Å². The van der Waals surface area contributed by atoms with Crippen LogP contribution in [0.2, 0.25) is 0 Å². The Bertz CT molecular complexity index is 1490. The van der Waals surface area contributed by atoms with Gasteiger partial charge in [0.05, 0.1) is 21.3 Å². The Labute approximate surface area is 219 Å². The smallest absolute Gasteiger partial charge is 0.243 e. The Morgan fingerprint density at radius 1 is 0.921 bits per heavy atom. The molecule has 0 aliphatic rings. The number of aromatic nitrogens is 6. The van der Waals surface area contributed by atoms with Crippen LogP contribution in [0.3, 0.4) is 0 Å². The molecule has 1 aromatic carbocycles. The second kappa shape index (κ2) is 11.4. The van der Waals surface area contributed by atoms with E-state index in [1.165, 1.54) is 33.0 Å². The fourth-order valence-corrected chi connectivity index (χ4v) is 4.81. The van der Waals surface area contributed by atoms with Crippen LogP contribution in [0, 0.1) is 6.92 Å². The zero-order chi connectivity index (χ0) is 27.3. The summed E-state index contributed by atoms with van der Waals surface area (Å²) in [6, 6.07) is 10.2. The number of nitrogens with zero attached hydrogens (tertiary/aromatic N) is 6. The second-order valence-corrected chi connectivity index (χ2v) is 9.75. The Kier molecular flexibility index (Phi) is 8.02. The first-order chi connectivity index (χ1) is 18.3. The Morgan fingerprint density at radius 2 is 1.58 bits per heavy atom. The molecule has 3 heterocycles. The van der Waals surface area contributed by atoms with Crippen molar-refractivity contribution >= 4 is 16.0 Å². The first-order valence-electron chi connectivity index (χ1n) is 11.3. The van der Waals surface area contributed by atoms with Gasteiger partial charge in [-0.15, -0.1) is 10.2 Å². The number of anilines is 1. The molecule has 3 aromatic heterocycles. The molecule has 0 radical (unpaired) electrons. The van der Waals surface area contributed by atoms with Crippen molar-refractivity contribution in [3.8, 4) is 34.6 Å². The van der Waals surface area contributed by atoms with Gasteiger partial charge in [0.25, 0.3) is 0 Å². The van der Waals surface area contributed by atoms with E-state index in [4.69, 9.17) is 18.9 Å². The monoisotopic (exact) mass is 541 g/mol. The van der Waals surface area contributed by atoms with Gasteiger partial charge >= 0.3 is 0 Å². The molecule has 4 aromatic rings. The third kappa shape index (κ3) is 5.65. The molecule has 0 bridgehead atoms. The van der Waals surface area contributed by atoms with Crippen molar-refractivity contribution in [3.05, 3.63) is 60.2 Å². The van der Waals surface area contributed by atoms with Gasteiger partial charge in [-0.2, -0.15) is 0 Å². The lowest BCUT2D eigenvalue weighted by Gasteiger charge is -2.18. The molecule has 0 fully saturated rings. The SMILES string of the molecule is COc1cccc(-c2nnc(NS(=O)(=O)C[C@@H](OC)c3ncc(C)cn3)n2-c2c(OC)cccc2OC)n1. The highest BCUT2D eigenvalue weighted by atomic mass is 32.2. The first-order valence-corrected chi connectivity index (χ1v) is 13.0. The fourth-order valence-electron chi connectivity index (χ4n) is 3.63. The average molecular weight is 542 g/mol. The molecule has 0 spiro atoms. The van der Waals surface area contributed by atoms with Crippen LogP contribution in [-0.4, -0.2) is 72.3 Å². The lowest BCUT2D eigenvalue weighted by molar-refractivity contribution is 0.114. The molecule has 200 valence electrons. The number of benzene rings is 1. The maximum atomic E-state index is 13.3. The number of nitrogens with one attached hydrogen (secondary N) is 1. The van der Waals surface area contributed by atoms with E-state index in [0.717, 1.165) is 5.56 Å². The van der Waals surface area contributed by atoms with Crippen LogP contribution in [0.15, 0.2) is 48.8 Å². The van der Waals surface area contributed by atoms with Crippen LogP contribution in [0.5, 0.6) is 17.4 Å². The molecule has 0 aliphatic heterocycles. The summed E-state index contributed by atoms with van der Waals surface area (Å²) in [5, 5.41) is 8.38. The molecular weight excluding hydrogens is 514 g/mol. The van der Waals surface area contributed by atoms with E-state index in [-0.39, 0.29) is 17.6 Å².